The quantitative estimate of drug-likeness (QED) is 0.156. The van der Waals surface area contributed by atoms with Crippen molar-refractivity contribution in [2.75, 3.05) is 0 Å². The smallest absolute Gasteiger partial charge is 0.0540 e. The maximum Gasteiger partial charge on any atom is 0.0540 e. The number of para-hydroxylation sites is 2. The Kier molecular flexibility index (Phi) is 8.01. The van der Waals surface area contributed by atoms with Gasteiger partial charge in [-0.05, 0) is 188 Å². The zero-order chi connectivity index (χ0) is 45.0. The molecule has 66 heavy (non-hydrogen) atoms. The number of aromatic nitrogens is 2. The topological polar surface area (TPSA) is 9.86 Å². The maximum atomic E-state index is 2.54. The summed E-state index contributed by atoms with van der Waals surface area (Å²) >= 11 is 0. The standard InChI is InChI=1S/C64H52N2/c1-37-39(3)65(43-19-11-9-12-20-43)59-35-53-51(33-49(37)59)61(41-27-29-47-45-23-15-17-25-55(45)63(5,6)57(47)31-41)54-36-60-50(38(2)40(4)66(60)44-21-13-10-14-22-44)34-52(54)62(53)42-28-30-48-46-24-16-18-26-56(46)64(7,8)58(48)32-42/h9-36H,1-8H3. The molecule has 318 valence electrons. The van der Waals surface area contributed by atoms with Gasteiger partial charge in [0.05, 0.1) is 11.0 Å². The summed E-state index contributed by atoms with van der Waals surface area (Å²) in [5.41, 5.74) is 25.7. The number of fused-ring (bicyclic) bond motifs is 10. The second-order valence-electron chi connectivity index (χ2n) is 20.2. The van der Waals surface area contributed by atoms with Gasteiger partial charge in [0.1, 0.15) is 0 Å². The molecule has 0 radical (unpaired) electrons. The lowest BCUT2D eigenvalue weighted by atomic mass is 9.79. The Labute approximate surface area is 387 Å². The number of rotatable bonds is 4. The third kappa shape index (κ3) is 5.13. The van der Waals surface area contributed by atoms with Crippen LogP contribution in [0.25, 0.3) is 99.2 Å². The van der Waals surface area contributed by atoms with E-state index in [-0.39, 0.29) is 10.8 Å². The van der Waals surface area contributed by atoms with E-state index in [0.29, 0.717) is 0 Å². The van der Waals surface area contributed by atoms with Crippen LogP contribution in [0.2, 0.25) is 0 Å². The van der Waals surface area contributed by atoms with Gasteiger partial charge in [-0.2, -0.15) is 0 Å². The Morgan fingerprint density at radius 2 is 0.667 bits per heavy atom. The minimum absolute atomic E-state index is 0.139. The van der Waals surface area contributed by atoms with Gasteiger partial charge in [-0.15, -0.1) is 0 Å². The molecule has 0 N–H and O–H groups in total. The molecule has 2 aliphatic rings. The molecule has 0 bridgehead atoms. The van der Waals surface area contributed by atoms with Crippen molar-refractivity contribution in [2.45, 2.75) is 66.2 Å². The van der Waals surface area contributed by atoms with Crippen LogP contribution in [0.1, 0.15) is 72.5 Å². The third-order valence-electron chi connectivity index (χ3n) is 16.2. The molecule has 2 heteroatoms. The van der Waals surface area contributed by atoms with Gasteiger partial charge in [-0.3, -0.25) is 0 Å². The van der Waals surface area contributed by atoms with Gasteiger partial charge in [0.2, 0.25) is 0 Å². The van der Waals surface area contributed by atoms with Crippen LogP contribution in [-0.2, 0) is 10.8 Å². The van der Waals surface area contributed by atoms with Crippen LogP contribution in [0.3, 0.4) is 0 Å². The van der Waals surface area contributed by atoms with Crippen LogP contribution in [0.4, 0.5) is 0 Å². The lowest BCUT2D eigenvalue weighted by Crippen LogP contribution is -2.15. The second kappa shape index (κ2) is 13.6. The lowest BCUT2D eigenvalue weighted by molar-refractivity contribution is 0.660. The Morgan fingerprint density at radius 3 is 1.08 bits per heavy atom. The fraction of sp³-hybridized carbons (Fsp3) is 0.156. The highest BCUT2D eigenvalue weighted by atomic mass is 15.0. The molecule has 2 nitrogen and oxygen atoms in total. The zero-order valence-electron chi connectivity index (χ0n) is 39.1. The molecule has 13 rings (SSSR count). The van der Waals surface area contributed by atoms with Gasteiger partial charge in [0.25, 0.3) is 0 Å². The number of hydrogen-bond donors (Lipinski definition) is 0. The van der Waals surface area contributed by atoms with Crippen molar-refractivity contribution in [1.82, 2.24) is 9.13 Å². The molecule has 0 atom stereocenters. The minimum Gasteiger partial charge on any atom is -0.314 e. The number of hydrogen-bond acceptors (Lipinski definition) is 0. The van der Waals surface area contributed by atoms with Gasteiger partial charge >= 0.3 is 0 Å². The zero-order valence-corrected chi connectivity index (χ0v) is 39.1. The van der Waals surface area contributed by atoms with E-state index >= 15 is 0 Å². The molecule has 11 aromatic rings. The highest BCUT2D eigenvalue weighted by molar-refractivity contribution is 6.26. The Balaban J connectivity index is 1.22. The highest BCUT2D eigenvalue weighted by Crippen LogP contribution is 2.54. The van der Waals surface area contributed by atoms with Gasteiger partial charge in [0.15, 0.2) is 0 Å². The van der Waals surface area contributed by atoms with Crippen LogP contribution in [0.5, 0.6) is 0 Å². The van der Waals surface area contributed by atoms with Crippen molar-refractivity contribution in [3.8, 4) is 55.9 Å². The number of aryl methyl sites for hydroxylation is 2. The molecular weight excluding hydrogens is 797 g/mol. The molecule has 0 unspecified atom stereocenters. The Hall–Kier alpha value is -7.42. The summed E-state index contributed by atoms with van der Waals surface area (Å²) in [6.45, 7) is 18.8. The molecule has 0 aliphatic heterocycles. The van der Waals surface area contributed by atoms with Crippen molar-refractivity contribution in [3.05, 3.63) is 215 Å². The van der Waals surface area contributed by atoms with E-state index in [9.17, 15) is 0 Å². The first kappa shape index (κ1) is 39.0. The Morgan fingerprint density at radius 1 is 0.318 bits per heavy atom. The van der Waals surface area contributed by atoms with Crippen molar-refractivity contribution in [1.29, 1.82) is 0 Å². The first-order chi connectivity index (χ1) is 31.9. The van der Waals surface area contributed by atoms with Crippen LogP contribution >= 0.6 is 0 Å². The Bertz CT molecular complexity index is 3630. The van der Waals surface area contributed by atoms with Crippen molar-refractivity contribution < 1.29 is 0 Å². The molecule has 2 aliphatic carbocycles. The lowest BCUT2D eigenvalue weighted by Gasteiger charge is -2.24. The molecule has 0 amide bonds. The largest absolute Gasteiger partial charge is 0.314 e. The predicted octanol–water partition coefficient (Wildman–Crippen LogP) is 17.1. The average Bonchev–Trinajstić information content (AvgIpc) is 3.92. The summed E-state index contributed by atoms with van der Waals surface area (Å²) in [5.74, 6) is 0. The summed E-state index contributed by atoms with van der Waals surface area (Å²) in [5, 5.41) is 7.67. The van der Waals surface area contributed by atoms with Gasteiger partial charge in [-0.25, -0.2) is 0 Å². The summed E-state index contributed by atoms with van der Waals surface area (Å²) in [6.07, 6.45) is 0. The van der Waals surface area contributed by atoms with Gasteiger partial charge in [-0.1, -0.05) is 137 Å². The summed E-state index contributed by atoms with van der Waals surface area (Å²) in [4.78, 5) is 0. The molecular formula is C64H52N2. The SMILES string of the molecule is Cc1c(C)n(-c2ccccc2)c2cc3c(-c4ccc5c(c4)C(C)(C)c4ccccc4-5)c4cc5c(C)c(C)n(-c6ccccc6)c5cc4c(-c4ccc5c(c4)C(C)(C)c4ccccc4-5)c3cc12. The first-order valence-electron chi connectivity index (χ1n) is 23.6. The van der Waals surface area contributed by atoms with E-state index in [1.165, 1.54) is 144 Å². The highest BCUT2D eigenvalue weighted by Gasteiger charge is 2.37. The minimum atomic E-state index is -0.139. The summed E-state index contributed by atoms with van der Waals surface area (Å²) < 4.78 is 4.96. The van der Waals surface area contributed by atoms with Crippen molar-refractivity contribution in [2.24, 2.45) is 0 Å². The summed E-state index contributed by atoms with van der Waals surface area (Å²) in [7, 11) is 0. The van der Waals surface area contributed by atoms with E-state index in [1.54, 1.807) is 0 Å². The average molecular weight is 849 g/mol. The molecule has 0 saturated heterocycles. The predicted molar refractivity (Wildman–Crippen MR) is 280 cm³/mol. The van der Waals surface area contributed by atoms with Gasteiger partial charge < -0.3 is 9.13 Å². The van der Waals surface area contributed by atoms with E-state index in [2.05, 4.69) is 234 Å². The molecule has 2 aromatic heterocycles. The number of nitrogens with zero attached hydrogens (tertiary/aromatic N) is 2. The van der Waals surface area contributed by atoms with Crippen LogP contribution < -0.4 is 0 Å². The molecule has 0 spiro atoms. The van der Waals surface area contributed by atoms with E-state index in [1.807, 2.05) is 0 Å². The van der Waals surface area contributed by atoms with Crippen LogP contribution in [-0.4, -0.2) is 9.13 Å². The first-order valence-corrected chi connectivity index (χ1v) is 23.6. The van der Waals surface area contributed by atoms with E-state index < -0.39 is 0 Å². The van der Waals surface area contributed by atoms with Crippen LogP contribution in [0, 0.1) is 27.7 Å². The maximum absolute atomic E-state index is 2.54. The van der Waals surface area contributed by atoms with Crippen molar-refractivity contribution >= 4 is 43.4 Å². The molecule has 0 saturated carbocycles. The van der Waals surface area contributed by atoms with Crippen molar-refractivity contribution in [3.63, 3.8) is 0 Å². The third-order valence-corrected chi connectivity index (χ3v) is 16.2. The molecule has 2 heterocycles. The fourth-order valence-electron chi connectivity index (χ4n) is 12.5. The molecule has 0 fully saturated rings. The normalized spacial score (nSPS) is 14.3. The molecule has 9 aromatic carbocycles. The summed E-state index contributed by atoms with van der Waals surface area (Å²) in [6, 6.07) is 64.7. The van der Waals surface area contributed by atoms with E-state index in [4.69, 9.17) is 0 Å². The number of benzene rings is 9. The monoisotopic (exact) mass is 848 g/mol. The van der Waals surface area contributed by atoms with Crippen LogP contribution in [0.15, 0.2) is 170 Å². The van der Waals surface area contributed by atoms with Gasteiger partial charge in [0, 0.05) is 44.4 Å². The second-order valence-corrected chi connectivity index (χ2v) is 20.2. The fourth-order valence-corrected chi connectivity index (χ4v) is 12.5. The van der Waals surface area contributed by atoms with E-state index in [0.717, 1.165) is 0 Å².